The van der Waals surface area contributed by atoms with Crippen LogP contribution in [0, 0.1) is 0 Å². The zero-order valence-electron chi connectivity index (χ0n) is 25.6. The van der Waals surface area contributed by atoms with Gasteiger partial charge in [0.2, 0.25) is 0 Å². The van der Waals surface area contributed by atoms with Crippen molar-refractivity contribution in [3.63, 3.8) is 0 Å². The minimum absolute atomic E-state index is 0.645. The summed E-state index contributed by atoms with van der Waals surface area (Å²) in [6.07, 6.45) is 0. The van der Waals surface area contributed by atoms with E-state index in [0.717, 1.165) is 60.5 Å². The Morgan fingerprint density at radius 1 is 0.375 bits per heavy atom. The van der Waals surface area contributed by atoms with Crippen molar-refractivity contribution in [1.82, 2.24) is 15.0 Å². The Morgan fingerprint density at radius 3 is 1.81 bits per heavy atom. The van der Waals surface area contributed by atoms with E-state index in [1.54, 1.807) is 11.3 Å². The van der Waals surface area contributed by atoms with Gasteiger partial charge in [0, 0.05) is 47.6 Å². The molecule has 0 saturated carbocycles. The van der Waals surface area contributed by atoms with Gasteiger partial charge in [-0.15, -0.1) is 11.3 Å². The lowest BCUT2D eigenvalue weighted by Crippen LogP contribution is -2.01. The molecule has 224 valence electrons. The summed E-state index contributed by atoms with van der Waals surface area (Å²) >= 11 is 1.78. The molecular formula is C43H25N3OS. The van der Waals surface area contributed by atoms with Gasteiger partial charge in [-0.25, -0.2) is 15.0 Å². The van der Waals surface area contributed by atoms with Gasteiger partial charge in [0.25, 0.3) is 0 Å². The molecular weight excluding hydrogens is 607 g/mol. The van der Waals surface area contributed by atoms with Crippen molar-refractivity contribution >= 4 is 64.2 Å². The summed E-state index contributed by atoms with van der Waals surface area (Å²) in [5, 5.41) is 6.90. The lowest BCUT2D eigenvalue weighted by Gasteiger charge is -2.14. The van der Waals surface area contributed by atoms with E-state index < -0.39 is 0 Å². The van der Waals surface area contributed by atoms with Crippen LogP contribution in [0.5, 0.6) is 0 Å². The number of para-hydroxylation sites is 1. The van der Waals surface area contributed by atoms with Crippen molar-refractivity contribution in [2.45, 2.75) is 0 Å². The van der Waals surface area contributed by atoms with Crippen molar-refractivity contribution < 1.29 is 4.42 Å². The molecule has 0 atom stereocenters. The topological polar surface area (TPSA) is 51.8 Å². The van der Waals surface area contributed by atoms with E-state index in [-0.39, 0.29) is 0 Å². The fourth-order valence-corrected chi connectivity index (χ4v) is 8.20. The predicted octanol–water partition coefficient (Wildman–Crippen LogP) is 12.0. The van der Waals surface area contributed by atoms with Crippen LogP contribution in [-0.4, -0.2) is 15.0 Å². The zero-order chi connectivity index (χ0) is 31.6. The maximum atomic E-state index is 6.25. The van der Waals surface area contributed by atoms with E-state index in [9.17, 15) is 0 Å². The summed E-state index contributed by atoms with van der Waals surface area (Å²) in [5.74, 6) is 1.96. The Hall–Kier alpha value is -6.17. The molecule has 3 heterocycles. The minimum atomic E-state index is 0.645. The standard InChI is InChI=1S/C43H25N3OS/c1-2-12-26(13-3-1)41-44-42(46-43(45-41)35-20-10-19-32-30-16-7-9-23-38(30)48-40(32)35)33-25-24-29(27-14-4-5-15-28(27)33)31-18-11-22-37-39(31)34-17-6-8-21-36(34)47-37/h1-25H. The van der Waals surface area contributed by atoms with Crippen LogP contribution in [0.3, 0.4) is 0 Å². The van der Waals surface area contributed by atoms with Gasteiger partial charge < -0.3 is 4.42 Å². The van der Waals surface area contributed by atoms with Crippen molar-refractivity contribution in [2.75, 3.05) is 0 Å². The molecule has 0 aliphatic rings. The summed E-state index contributed by atoms with van der Waals surface area (Å²) in [5.41, 5.74) is 6.96. The number of furan rings is 1. The first kappa shape index (κ1) is 27.0. The first-order chi connectivity index (χ1) is 23.8. The van der Waals surface area contributed by atoms with E-state index in [2.05, 4.69) is 115 Å². The molecule has 5 heteroatoms. The normalized spacial score (nSPS) is 11.8. The average Bonchev–Trinajstić information content (AvgIpc) is 3.73. The van der Waals surface area contributed by atoms with Crippen LogP contribution in [0.4, 0.5) is 0 Å². The molecule has 3 aromatic heterocycles. The lowest BCUT2D eigenvalue weighted by atomic mass is 9.92. The number of hydrogen-bond donors (Lipinski definition) is 0. The lowest BCUT2D eigenvalue weighted by molar-refractivity contribution is 0.669. The van der Waals surface area contributed by atoms with Crippen molar-refractivity contribution in [2.24, 2.45) is 0 Å². The molecule has 0 bridgehead atoms. The molecule has 10 aromatic rings. The molecule has 0 spiro atoms. The summed E-state index contributed by atoms with van der Waals surface area (Å²) < 4.78 is 8.68. The molecule has 7 aromatic carbocycles. The summed E-state index contributed by atoms with van der Waals surface area (Å²) in [6.45, 7) is 0. The second-order valence-electron chi connectivity index (χ2n) is 11.9. The van der Waals surface area contributed by atoms with Crippen LogP contribution in [-0.2, 0) is 0 Å². The third kappa shape index (κ3) is 4.18. The predicted molar refractivity (Wildman–Crippen MR) is 199 cm³/mol. The van der Waals surface area contributed by atoms with Crippen LogP contribution in [0.15, 0.2) is 156 Å². The average molecular weight is 632 g/mol. The highest BCUT2D eigenvalue weighted by atomic mass is 32.1. The Balaban J connectivity index is 1.22. The van der Waals surface area contributed by atoms with Crippen LogP contribution in [0.1, 0.15) is 0 Å². The summed E-state index contributed by atoms with van der Waals surface area (Å²) in [7, 11) is 0. The van der Waals surface area contributed by atoms with E-state index in [1.165, 1.54) is 20.2 Å². The highest BCUT2D eigenvalue weighted by Crippen LogP contribution is 2.43. The quantitative estimate of drug-likeness (QED) is 0.194. The number of hydrogen-bond acceptors (Lipinski definition) is 5. The van der Waals surface area contributed by atoms with Gasteiger partial charge in [-0.05, 0) is 52.2 Å². The molecule has 0 aliphatic carbocycles. The zero-order valence-corrected chi connectivity index (χ0v) is 26.4. The van der Waals surface area contributed by atoms with E-state index in [4.69, 9.17) is 19.4 Å². The van der Waals surface area contributed by atoms with Gasteiger partial charge >= 0.3 is 0 Å². The third-order valence-corrected chi connectivity index (χ3v) is 10.4. The van der Waals surface area contributed by atoms with Crippen LogP contribution < -0.4 is 0 Å². The molecule has 4 nitrogen and oxygen atoms in total. The molecule has 0 amide bonds. The monoisotopic (exact) mass is 631 g/mol. The number of nitrogens with zero attached hydrogens (tertiary/aromatic N) is 3. The molecule has 0 N–H and O–H groups in total. The highest BCUT2D eigenvalue weighted by Gasteiger charge is 2.20. The number of fused-ring (bicyclic) bond motifs is 7. The van der Waals surface area contributed by atoms with E-state index in [1.807, 2.05) is 36.4 Å². The molecule has 0 fully saturated rings. The SMILES string of the molecule is c1ccc(-c2nc(-c3ccc(-c4cccc5oc6ccccc6c45)c4ccccc34)nc(-c3cccc4c3sc3ccccc34)n2)cc1. The van der Waals surface area contributed by atoms with Gasteiger partial charge in [-0.3, -0.25) is 0 Å². The second-order valence-corrected chi connectivity index (χ2v) is 13.0. The van der Waals surface area contributed by atoms with Crippen LogP contribution >= 0.6 is 11.3 Å². The summed E-state index contributed by atoms with van der Waals surface area (Å²) in [4.78, 5) is 15.4. The van der Waals surface area contributed by atoms with E-state index in [0.29, 0.717) is 17.5 Å². The number of thiophene rings is 1. The Bertz CT molecular complexity index is 2850. The maximum absolute atomic E-state index is 6.25. The van der Waals surface area contributed by atoms with Gasteiger partial charge in [0.05, 0.1) is 0 Å². The van der Waals surface area contributed by atoms with Gasteiger partial charge in [-0.1, -0.05) is 121 Å². The number of rotatable bonds is 4. The Kier molecular flexibility index (Phi) is 6.01. The smallest absolute Gasteiger partial charge is 0.165 e. The third-order valence-electron chi connectivity index (χ3n) is 9.17. The van der Waals surface area contributed by atoms with Crippen molar-refractivity contribution in [3.05, 3.63) is 152 Å². The van der Waals surface area contributed by atoms with Gasteiger partial charge in [-0.2, -0.15) is 0 Å². The minimum Gasteiger partial charge on any atom is -0.456 e. The number of aromatic nitrogens is 3. The maximum Gasteiger partial charge on any atom is 0.165 e. The molecule has 0 radical (unpaired) electrons. The number of benzene rings is 7. The molecule has 0 unspecified atom stereocenters. The first-order valence-corrected chi connectivity index (χ1v) is 16.8. The fraction of sp³-hybridized carbons (Fsp3) is 0. The van der Waals surface area contributed by atoms with Crippen molar-refractivity contribution in [1.29, 1.82) is 0 Å². The van der Waals surface area contributed by atoms with Crippen LogP contribution in [0.2, 0.25) is 0 Å². The summed E-state index contributed by atoms with van der Waals surface area (Å²) in [6, 6.07) is 52.6. The Morgan fingerprint density at radius 2 is 0.958 bits per heavy atom. The van der Waals surface area contributed by atoms with Crippen molar-refractivity contribution in [3.8, 4) is 45.3 Å². The Labute approximate surface area is 279 Å². The second kappa shape index (κ2) is 10.7. The van der Waals surface area contributed by atoms with Gasteiger partial charge in [0.1, 0.15) is 11.2 Å². The first-order valence-electron chi connectivity index (χ1n) is 15.9. The molecule has 10 rings (SSSR count). The largest absolute Gasteiger partial charge is 0.456 e. The molecule has 48 heavy (non-hydrogen) atoms. The highest BCUT2D eigenvalue weighted by molar-refractivity contribution is 7.26. The van der Waals surface area contributed by atoms with Gasteiger partial charge in [0.15, 0.2) is 17.5 Å². The van der Waals surface area contributed by atoms with Crippen LogP contribution in [0.25, 0.3) is 98.2 Å². The fourth-order valence-electron chi connectivity index (χ4n) is 6.98. The molecule has 0 aliphatic heterocycles. The molecule has 0 saturated heterocycles. The van der Waals surface area contributed by atoms with E-state index >= 15 is 0 Å².